The van der Waals surface area contributed by atoms with E-state index in [0.717, 1.165) is 17.1 Å². The zero-order valence-electron chi connectivity index (χ0n) is 12.9. The van der Waals surface area contributed by atoms with E-state index < -0.39 is 0 Å². The van der Waals surface area contributed by atoms with Crippen LogP contribution in [0.2, 0.25) is 5.02 Å². The number of carbonyl (C=O) groups excluding carboxylic acids is 1. The maximum atomic E-state index is 12.0. The van der Waals surface area contributed by atoms with Gasteiger partial charge in [-0.15, -0.1) is 11.3 Å². The van der Waals surface area contributed by atoms with Crippen molar-refractivity contribution in [3.63, 3.8) is 0 Å². The number of halogens is 1. The lowest BCUT2D eigenvalue weighted by Gasteiger charge is -2.12. The first-order valence-electron chi connectivity index (χ1n) is 7.21. The molecule has 24 heavy (non-hydrogen) atoms. The Labute approximate surface area is 149 Å². The van der Waals surface area contributed by atoms with Gasteiger partial charge in [-0.25, -0.2) is 0 Å². The van der Waals surface area contributed by atoms with Gasteiger partial charge in [-0.05, 0) is 53.9 Å². The molecule has 1 heterocycles. The summed E-state index contributed by atoms with van der Waals surface area (Å²) >= 11 is 7.44. The van der Waals surface area contributed by atoms with Crippen molar-refractivity contribution in [2.45, 2.75) is 0 Å². The molecule has 0 radical (unpaired) electrons. The van der Waals surface area contributed by atoms with Crippen molar-refractivity contribution >= 4 is 45.9 Å². The fourth-order valence-corrected chi connectivity index (χ4v) is 2.96. The molecule has 0 saturated carbocycles. The zero-order valence-corrected chi connectivity index (χ0v) is 14.4. The third kappa shape index (κ3) is 3.88. The minimum Gasteiger partial charge on any atom is -0.495 e. The van der Waals surface area contributed by atoms with Crippen LogP contribution in [0.4, 0.5) is 17.1 Å². The summed E-state index contributed by atoms with van der Waals surface area (Å²) in [6.07, 6.45) is 0. The Hall–Kier alpha value is -2.50. The SMILES string of the molecule is COc1ccc(Cl)cc1Nc1ccc(NC(=O)c2cccs2)cc1. The number of hydrogen-bond acceptors (Lipinski definition) is 4. The highest BCUT2D eigenvalue weighted by Gasteiger charge is 2.07. The normalized spacial score (nSPS) is 10.2. The molecule has 6 heteroatoms. The van der Waals surface area contributed by atoms with E-state index in [2.05, 4.69) is 10.6 Å². The molecule has 1 aromatic heterocycles. The summed E-state index contributed by atoms with van der Waals surface area (Å²) in [6.45, 7) is 0. The van der Waals surface area contributed by atoms with Crippen LogP contribution in [0, 0.1) is 0 Å². The van der Waals surface area contributed by atoms with Crippen LogP contribution in [0.1, 0.15) is 9.67 Å². The van der Waals surface area contributed by atoms with Gasteiger partial charge in [-0.2, -0.15) is 0 Å². The van der Waals surface area contributed by atoms with Crippen LogP contribution < -0.4 is 15.4 Å². The number of carbonyl (C=O) groups is 1. The monoisotopic (exact) mass is 358 g/mol. The first-order valence-corrected chi connectivity index (χ1v) is 8.47. The highest BCUT2D eigenvalue weighted by molar-refractivity contribution is 7.12. The first-order chi connectivity index (χ1) is 11.7. The van der Waals surface area contributed by atoms with E-state index in [-0.39, 0.29) is 5.91 Å². The van der Waals surface area contributed by atoms with E-state index in [0.29, 0.717) is 15.6 Å². The molecule has 0 aliphatic rings. The lowest BCUT2D eigenvalue weighted by Crippen LogP contribution is -2.09. The van der Waals surface area contributed by atoms with Gasteiger partial charge in [0.15, 0.2) is 0 Å². The van der Waals surface area contributed by atoms with Crippen LogP contribution in [0.15, 0.2) is 60.0 Å². The third-order valence-corrected chi connectivity index (χ3v) is 4.43. The molecule has 2 aromatic carbocycles. The lowest BCUT2D eigenvalue weighted by atomic mass is 10.2. The summed E-state index contributed by atoms with van der Waals surface area (Å²) in [5.74, 6) is 0.594. The van der Waals surface area contributed by atoms with Gasteiger partial charge in [0.1, 0.15) is 5.75 Å². The van der Waals surface area contributed by atoms with Gasteiger partial charge in [-0.1, -0.05) is 17.7 Å². The van der Waals surface area contributed by atoms with Crippen molar-refractivity contribution in [1.29, 1.82) is 0 Å². The minimum atomic E-state index is -0.109. The van der Waals surface area contributed by atoms with E-state index >= 15 is 0 Å². The fraction of sp³-hybridized carbons (Fsp3) is 0.0556. The lowest BCUT2D eigenvalue weighted by molar-refractivity contribution is 0.103. The zero-order chi connectivity index (χ0) is 16.9. The molecule has 3 rings (SSSR count). The Kier molecular flexibility index (Phi) is 5.03. The van der Waals surface area contributed by atoms with Gasteiger partial charge < -0.3 is 15.4 Å². The molecule has 0 saturated heterocycles. The number of ether oxygens (including phenoxy) is 1. The average molecular weight is 359 g/mol. The second kappa shape index (κ2) is 7.38. The molecule has 0 fully saturated rings. The number of methoxy groups -OCH3 is 1. The first kappa shape index (κ1) is 16.4. The van der Waals surface area contributed by atoms with E-state index in [1.54, 1.807) is 31.4 Å². The number of rotatable bonds is 5. The van der Waals surface area contributed by atoms with Crippen molar-refractivity contribution in [1.82, 2.24) is 0 Å². The molecule has 3 aromatic rings. The summed E-state index contributed by atoms with van der Waals surface area (Å²) < 4.78 is 5.31. The van der Waals surface area contributed by atoms with Crippen molar-refractivity contribution < 1.29 is 9.53 Å². The van der Waals surface area contributed by atoms with Gasteiger partial charge >= 0.3 is 0 Å². The van der Waals surface area contributed by atoms with Crippen LogP contribution in [0.3, 0.4) is 0 Å². The molecule has 2 N–H and O–H groups in total. The van der Waals surface area contributed by atoms with Crippen LogP contribution in [-0.4, -0.2) is 13.0 Å². The predicted molar refractivity (Wildman–Crippen MR) is 100 cm³/mol. The number of nitrogens with one attached hydrogen (secondary N) is 2. The van der Waals surface area contributed by atoms with Crippen molar-refractivity contribution in [3.8, 4) is 5.75 Å². The fourth-order valence-electron chi connectivity index (χ4n) is 2.17. The molecule has 0 unspecified atom stereocenters. The van der Waals surface area contributed by atoms with Crippen LogP contribution in [0.5, 0.6) is 5.75 Å². The Balaban J connectivity index is 1.71. The minimum absolute atomic E-state index is 0.109. The Morgan fingerprint density at radius 1 is 1.08 bits per heavy atom. The van der Waals surface area contributed by atoms with Gasteiger partial charge in [0.05, 0.1) is 17.7 Å². The van der Waals surface area contributed by atoms with E-state index in [1.165, 1.54) is 11.3 Å². The summed E-state index contributed by atoms with van der Waals surface area (Å²) in [5, 5.41) is 8.62. The van der Waals surface area contributed by atoms with Crippen LogP contribution >= 0.6 is 22.9 Å². The van der Waals surface area contributed by atoms with Crippen LogP contribution in [0.25, 0.3) is 0 Å². The van der Waals surface area contributed by atoms with Crippen molar-refractivity contribution in [2.24, 2.45) is 0 Å². The quantitative estimate of drug-likeness (QED) is 0.641. The van der Waals surface area contributed by atoms with E-state index in [9.17, 15) is 4.79 Å². The molecule has 1 amide bonds. The van der Waals surface area contributed by atoms with E-state index in [1.807, 2.05) is 35.7 Å². The topological polar surface area (TPSA) is 50.4 Å². The van der Waals surface area contributed by atoms with Crippen molar-refractivity contribution in [3.05, 3.63) is 69.9 Å². The maximum absolute atomic E-state index is 12.0. The summed E-state index contributed by atoms with van der Waals surface area (Å²) in [4.78, 5) is 12.7. The molecule has 4 nitrogen and oxygen atoms in total. The largest absolute Gasteiger partial charge is 0.495 e. The van der Waals surface area contributed by atoms with Gasteiger partial charge in [0.2, 0.25) is 0 Å². The molecule has 122 valence electrons. The summed E-state index contributed by atoms with van der Waals surface area (Å²) in [6, 6.07) is 16.5. The Morgan fingerprint density at radius 2 is 1.83 bits per heavy atom. The molecule has 0 bridgehead atoms. The molecule has 0 aliphatic carbocycles. The number of thiophene rings is 1. The molecule has 0 atom stereocenters. The number of benzene rings is 2. The number of anilines is 3. The molecule has 0 aliphatic heterocycles. The highest BCUT2D eigenvalue weighted by Crippen LogP contribution is 2.30. The van der Waals surface area contributed by atoms with Gasteiger partial charge in [-0.3, -0.25) is 4.79 Å². The molecular formula is C18H15ClN2O2S. The second-order valence-electron chi connectivity index (χ2n) is 4.98. The van der Waals surface area contributed by atoms with Crippen molar-refractivity contribution in [2.75, 3.05) is 17.7 Å². The second-order valence-corrected chi connectivity index (χ2v) is 6.36. The van der Waals surface area contributed by atoms with E-state index in [4.69, 9.17) is 16.3 Å². The van der Waals surface area contributed by atoms with Gasteiger partial charge in [0.25, 0.3) is 5.91 Å². The third-order valence-electron chi connectivity index (χ3n) is 3.33. The summed E-state index contributed by atoms with van der Waals surface area (Å²) in [7, 11) is 1.61. The standard InChI is InChI=1S/C18H15ClN2O2S/c1-23-16-9-4-12(19)11-15(16)20-13-5-7-14(8-6-13)21-18(22)17-3-2-10-24-17/h2-11,20H,1H3,(H,21,22). The molecule has 0 spiro atoms. The highest BCUT2D eigenvalue weighted by atomic mass is 35.5. The smallest absolute Gasteiger partial charge is 0.265 e. The Bertz CT molecular complexity index is 833. The van der Waals surface area contributed by atoms with Gasteiger partial charge in [0, 0.05) is 16.4 Å². The van der Waals surface area contributed by atoms with Crippen LogP contribution in [-0.2, 0) is 0 Å². The maximum Gasteiger partial charge on any atom is 0.265 e. The number of hydrogen-bond donors (Lipinski definition) is 2. The molecular weight excluding hydrogens is 344 g/mol. The Morgan fingerprint density at radius 3 is 2.50 bits per heavy atom. The summed E-state index contributed by atoms with van der Waals surface area (Å²) in [5.41, 5.74) is 2.38. The average Bonchev–Trinajstić information content (AvgIpc) is 3.11. The predicted octanol–water partition coefficient (Wildman–Crippen LogP) is 5.41. The number of amides is 1.